The largest absolute Gasteiger partial charge is 0.357 e. The van der Waals surface area contributed by atoms with Crippen molar-refractivity contribution in [2.24, 2.45) is 4.99 Å². The molecule has 0 amide bonds. The van der Waals surface area contributed by atoms with Crippen molar-refractivity contribution in [1.82, 2.24) is 15.5 Å². The summed E-state index contributed by atoms with van der Waals surface area (Å²) in [5.41, 5.74) is 0.0591. The number of aliphatic imine (C=N–C) groups is 1. The molecule has 1 saturated heterocycles. The van der Waals surface area contributed by atoms with E-state index in [1.54, 1.807) is 0 Å². The maximum atomic E-state index is 4.68. The van der Waals surface area contributed by atoms with E-state index in [4.69, 9.17) is 0 Å². The Morgan fingerprint density at radius 2 is 1.74 bits per heavy atom. The topological polar surface area (TPSA) is 39.7 Å². The van der Waals surface area contributed by atoms with Gasteiger partial charge in [-0.25, -0.2) is 0 Å². The SMILES string of the molecule is CCNC(=NCCN1CCCCCC1)NC(C)(C)C. The van der Waals surface area contributed by atoms with E-state index in [-0.39, 0.29) is 5.54 Å². The quantitative estimate of drug-likeness (QED) is 0.606. The van der Waals surface area contributed by atoms with Crippen molar-refractivity contribution in [3.8, 4) is 0 Å². The highest BCUT2D eigenvalue weighted by Gasteiger charge is 2.12. The number of likely N-dealkylation sites (tertiary alicyclic amines) is 1. The molecule has 1 fully saturated rings. The Labute approximate surface area is 119 Å². The van der Waals surface area contributed by atoms with Crippen LogP contribution in [0.15, 0.2) is 4.99 Å². The Balaban J connectivity index is 2.37. The lowest BCUT2D eigenvalue weighted by Gasteiger charge is -2.24. The van der Waals surface area contributed by atoms with E-state index < -0.39 is 0 Å². The first-order chi connectivity index (χ1) is 9.01. The third-order valence-corrected chi connectivity index (χ3v) is 3.22. The van der Waals surface area contributed by atoms with E-state index in [0.717, 1.165) is 25.6 Å². The number of hydrogen-bond acceptors (Lipinski definition) is 2. The lowest BCUT2D eigenvalue weighted by molar-refractivity contribution is 0.293. The van der Waals surface area contributed by atoms with E-state index in [1.165, 1.54) is 38.8 Å². The first-order valence-corrected chi connectivity index (χ1v) is 7.80. The van der Waals surface area contributed by atoms with Gasteiger partial charge in [-0.3, -0.25) is 4.99 Å². The second-order valence-electron chi connectivity index (χ2n) is 6.39. The molecule has 4 heteroatoms. The minimum Gasteiger partial charge on any atom is -0.357 e. The van der Waals surface area contributed by atoms with E-state index >= 15 is 0 Å². The zero-order chi connectivity index (χ0) is 14.1. The first kappa shape index (κ1) is 16.3. The third-order valence-electron chi connectivity index (χ3n) is 3.22. The number of nitrogens with one attached hydrogen (secondary N) is 2. The Bertz CT molecular complexity index is 260. The summed E-state index contributed by atoms with van der Waals surface area (Å²) in [5.74, 6) is 0.935. The molecule has 0 aromatic heterocycles. The predicted octanol–water partition coefficient (Wildman–Crippen LogP) is 2.22. The van der Waals surface area contributed by atoms with Crippen LogP contribution in [0.4, 0.5) is 0 Å². The van der Waals surface area contributed by atoms with Crippen LogP contribution in [0.2, 0.25) is 0 Å². The molecule has 0 spiro atoms. The zero-order valence-corrected chi connectivity index (χ0v) is 13.3. The van der Waals surface area contributed by atoms with Crippen LogP contribution in [0, 0.1) is 0 Å². The monoisotopic (exact) mass is 268 g/mol. The maximum absolute atomic E-state index is 4.68. The van der Waals surface area contributed by atoms with E-state index in [0.29, 0.717) is 0 Å². The number of nitrogens with zero attached hydrogens (tertiary/aromatic N) is 2. The van der Waals surface area contributed by atoms with Crippen LogP contribution in [0.1, 0.15) is 53.4 Å². The summed E-state index contributed by atoms with van der Waals surface area (Å²) >= 11 is 0. The Morgan fingerprint density at radius 1 is 1.11 bits per heavy atom. The fraction of sp³-hybridized carbons (Fsp3) is 0.933. The molecule has 1 aliphatic heterocycles. The molecule has 19 heavy (non-hydrogen) atoms. The Morgan fingerprint density at radius 3 is 2.26 bits per heavy atom. The van der Waals surface area contributed by atoms with E-state index in [2.05, 4.69) is 48.2 Å². The molecule has 0 bridgehead atoms. The summed E-state index contributed by atoms with van der Waals surface area (Å²) in [4.78, 5) is 7.23. The van der Waals surface area contributed by atoms with Crippen LogP contribution in [0.3, 0.4) is 0 Å². The van der Waals surface area contributed by atoms with Gasteiger partial charge in [0.25, 0.3) is 0 Å². The van der Waals surface area contributed by atoms with Crippen LogP contribution in [0.5, 0.6) is 0 Å². The number of hydrogen-bond donors (Lipinski definition) is 2. The van der Waals surface area contributed by atoms with Crippen molar-refractivity contribution >= 4 is 5.96 Å². The minimum absolute atomic E-state index is 0.0591. The highest BCUT2D eigenvalue weighted by molar-refractivity contribution is 5.80. The van der Waals surface area contributed by atoms with Gasteiger partial charge in [0.15, 0.2) is 5.96 Å². The highest BCUT2D eigenvalue weighted by Crippen LogP contribution is 2.08. The highest BCUT2D eigenvalue weighted by atomic mass is 15.2. The molecule has 1 aliphatic rings. The molecule has 2 N–H and O–H groups in total. The average Bonchev–Trinajstić information content (AvgIpc) is 2.56. The van der Waals surface area contributed by atoms with E-state index in [9.17, 15) is 0 Å². The molecule has 0 atom stereocenters. The van der Waals surface area contributed by atoms with Gasteiger partial charge in [0.05, 0.1) is 6.54 Å². The van der Waals surface area contributed by atoms with Crippen LogP contribution in [-0.2, 0) is 0 Å². The predicted molar refractivity (Wildman–Crippen MR) is 83.8 cm³/mol. The van der Waals surface area contributed by atoms with Crippen molar-refractivity contribution in [1.29, 1.82) is 0 Å². The lowest BCUT2D eigenvalue weighted by Crippen LogP contribution is -2.47. The molecular weight excluding hydrogens is 236 g/mol. The van der Waals surface area contributed by atoms with Crippen LogP contribution < -0.4 is 10.6 Å². The first-order valence-electron chi connectivity index (χ1n) is 7.80. The fourth-order valence-electron chi connectivity index (χ4n) is 2.33. The summed E-state index contributed by atoms with van der Waals surface area (Å²) in [7, 11) is 0. The van der Waals surface area contributed by atoms with Gasteiger partial charge >= 0.3 is 0 Å². The van der Waals surface area contributed by atoms with Crippen molar-refractivity contribution in [3.63, 3.8) is 0 Å². The van der Waals surface area contributed by atoms with Gasteiger partial charge in [0, 0.05) is 18.6 Å². The maximum Gasteiger partial charge on any atom is 0.191 e. The van der Waals surface area contributed by atoms with Gasteiger partial charge in [0.1, 0.15) is 0 Å². The summed E-state index contributed by atoms with van der Waals surface area (Å²) in [6, 6.07) is 0. The normalized spacial score (nSPS) is 19.1. The lowest BCUT2D eigenvalue weighted by atomic mass is 10.1. The van der Waals surface area contributed by atoms with E-state index in [1.807, 2.05) is 0 Å². The van der Waals surface area contributed by atoms with Gasteiger partial charge < -0.3 is 15.5 Å². The third kappa shape index (κ3) is 8.09. The summed E-state index contributed by atoms with van der Waals surface area (Å²) in [6.45, 7) is 14.0. The molecule has 4 nitrogen and oxygen atoms in total. The van der Waals surface area contributed by atoms with Gasteiger partial charge in [0.2, 0.25) is 0 Å². The number of guanidine groups is 1. The number of rotatable bonds is 4. The standard InChI is InChI=1S/C15H32N4/c1-5-16-14(18-15(2,3)4)17-10-13-19-11-8-6-7-9-12-19/h5-13H2,1-4H3,(H2,16,17,18). The molecule has 0 unspecified atom stereocenters. The second-order valence-corrected chi connectivity index (χ2v) is 6.39. The fourth-order valence-corrected chi connectivity index (χ4v) is 2.33. The molecule has 0 aliphatic carbocycles. The zero-order valence-electron chi connectivity index (χ0n) is 13.3. The van der Waals surface area contributed by atoms with Crippen molar-refractivity contribution in [2.75, 3.05) is 32.7 Å². The summed E-state index contributed by atoms with van der Waals surface area (Å²) in [5, 5.41) is 6.74. The minimum atomic E-state index is 0.0591. The molecular formula is C15H32N4. The summed E-state index contributed by atoms with van der Waals surface area (Å²) in [6.07, 6.45) is 5.50. The van der Waals surface area contributed by atoms with Crippen LogP contribution in [-0.4, -0.2) is 49.1 Å². The smallest absolute Gasteiger partial charge is 0.191 e. The molecule has 1 heterocycles. The average molecular weight is 268 g/mol. The van der Waals surface area contributed by atoms with Gasteiger partial charge in [-0.15, -0.1) is 0 Å². The molecule has 1 rings (SSSR count). The van der Waals surface area contributed by atoms with Gasteiger partial charge in [-0.2, -0.15) is 0 Å². The van der Waals surface area contributed by atoms with Crippen LogP contribution >= 0.6 is 0 Å². The van der Waals surface area contributed by atoms with Crippen molar-refractivity contribution < 1.29 is 0 Å². The second kappa shape index (κ2) is 8.41. The molecule has 0 aromatic carbocycles. The van der Waals surface area contributed by atoms with Crippen molar-refractivity contribution in [2.45, 2.75) is 58.9 Å². The molecule has 0 saturated carbocycles. The molecule has 0 radical (unpaired) electrons. The summed E-state index contributed by atoms with van der Waals surface area (Å²) < 4.78 is 0. The Hall–Kier alpha value is -0.770. The molecule has 112 valence electrons. The molecule has 0 aromatic rings. The Kier molecular flexibility index (Phi) is 7.21. The van der Waals surface area contributed by atoms with Gasteiger partial charge in [-0.1, -0.05) is 12.8 Å². The van der Waals surface area contributed by atoms with Crippen LogP contribution in [0.25, 0.3) is 0 Å². The van der Waals surface area contributed by atoms with Gasteiger partial charge in [-0.05, 0) is 53.6 Å². The van der Waals surface area contributed by atoms with Crippen molar-refractivity contribution in [3.05, 3.63) is 0 Å².